The number of nitrogens with one attached hydrogen (secondary N) is 2. The van der Waals surface area contributed by atoms with Gasteiger partial charge in [-0.25, -0.2) is 4.79 Å². The van der Waals surface area contributed by atoms with Gasteiger partial charge in [-0.15, -0.1) is 0 Å². The van der Waals surface area contributed by atoms with Gasteiger partial charge in [-0.2, -0.15) is 13.2 Å². The molecule has 0 spiro atoms. The van der Waals surface area contributed by atoms with Crippen molar-refractivity contribution in [3.8, 4) is 0 Å². The number of alkyl carbamates (subject to hydrolysis) is 1. The first-order valence-electron chi connectivity index (χ1n) is 6.94. The molecule has 0 aliphatic carbocycles. The van der Waals surface area contributed by atoms with Crippen molar-refractivity contribution in [1.29, 1.82) is 0 Å². The number of carbonyl (C=O) groups is 1. The molecule has 1 rings (SSSR count). The number of aliphatic hydroxyl groups excluding tert-OH is 2. The second-order valence-corrected chi connectivity index (χ2v) is 6.07. The van der Waals surface area contributed by atoms with Crippen molar-refractivity contribution in [2.45, 2.75) is 44.8 Å². The molecular formula is C14H19F3N2O5. The second kappa shape index (κ2) is 7.22. The van der Waals surface area contributed by atoms with E-state index in [1.807, 2.05) is 4.98 Å². The number of rotatable bonds is 4. The molecule has 10 heteroatoms. The smallest absolute Gasteiger partial charge is 0.417 e. The van der Waals surface area contributed by atoms with Crippen molar-refractivity contribution < 1.29 is 32.9 Å². The Morgan fingerprint density at radius 3 is 2.42 bits per heavy atom. The van der Waals surface area contributed by atoms with E-state index in [0.29, 0.717) is 12.3 Å². The molecule has 2 atom stereocenters. The highest BCUT2D eigenvalue weighted by Gasteiger charge is 2.33. The Kier molecular flexibility index (Phi) is 6.01. The maximum atomic E-state index is 12.6. The molecular weight excluding hydrogens is 333 g/mol. The minimum absolute atomic E-state index is 0.445. The van der Waals surface area contributed by atoms with Gasteiger partial charge in [0.25, 0.3) is 5.56 Å². The van der Waals surface area contributed by atoms with Crippen molar-refractivity contribution in [3.05, 3.63) is 33.7 Å². The standard InChI is InChI=1S/C14H19F3N2O5/c1-13(2,3)24-12(23)19-6-9(20)10(21)8-4-7(14(15,16)17)5-18-11(8)22/h4-5,9-10,20-21H,6H2,1-3H3,(H,18,22)(H,19,23). The van der Waals surface area contributed by atoms with Crippen LogP contribution in [0.25, 0.3) is 0 Å². The predicted octanol–water partition coefficient (Wildman–Crippen LogP) is 1.31. The van der Waals surface area contributed by atoms with Crippen LogP contribution in [0.2, 0.25) is 0 Å². The van der Waals surface area contributed by atoms with Crippen molar-refractivity contribution in [3.63, 3.8) is 0 Å². The molecule has 7 nitrogen and oxygen atoms in total. The summed E-state index contributed by atoms with van der Waals surface area (Å²) < 4.78 is 42.8. The normalized spacial score (nSPS) is 14.8. The molecule has 2 unspecified atom stereocenters. The number of carbonyl (C=O) groups excluding carboxylic acids is 1. The molecule has 4 N–H and O–H groups in total. The van der Waals surface area contributed by atoms with Crippen LogP contribution in [0.15, 0.2) is 17.1 Å². The molecule has 1 heterocycles. The monoisotopic (exact) mass is 352 g/mol. The lowest BCUT2D eigenvalue weighted by molar-refractivity contribution is -0.138. The van der Waals surface area contributed by atoms with Gasteiger partial charge >= 0.3 is 12.3 Å². The molecule has 136 valence electrons. The van der Waals surface area contributed by atoms with E-state index in [1.54, 1.807) is 20.8 Å². The first-order chi connectivity index (χ1) is 10.8. The van der Waals surface area contributed by atoms with Gasteiger partial charge in [0.1, 0.15) is 17.8 Å². The number of aliphatic hydroxyl groups is 2. The van der Waals surface area contributed by atoms with Crippen molar-refractivity contribution >= 4 is 6.09 Å². The minimum Gasteiger partial charge on any atom is -0.444 e. The predicted molar refractivity (Wildman–Crippen MR) is 77.3 cm³/mol. The highest BCUT2D eigenvalue weighted by atomic mass is 19.4. The Hall–Kier alpha value is -2.07. The van der Waals surface area contributed by atoms with E-state index >= 15 is 0 Å². The molecule has 0 radical (unpaired) electrons. The molecule has 1 amide bonds. The molecule has 1 aromatic rings. The number of H-pyrrole nitrogens is 1. The lowest BCUT2D eigenvalue weighted by atomic mass is 10.0. The van der Waals surface area contributed by atoms with E-state index in [9.17, 15) is 33.0 Å². The van der Waals surface area contributed by atoms with Crippen LogP contribution >= 0.6 is 0 Å². The van der Waals surface area contributed by atoms with Gasteiger partial charge in [0.15, 0.2) is 0 Å². The zero-order valence-electron chi connectivity index (χ0n) is 13.3. The lowest BCUT2D eigenvalue weighted by Crippen LogP contribution is -2.39. The summed E-state index contributed by atoms with van der Waals surface area (Å²) in [7, 11) is 0. The first-order valence-corrected chi connectivity index (χ1v) is 6.94. The molecule has 0 bridgehead atoms. The first kappa shape index (κ1) is 20.0. The molecule has 0 aliphatic rings. The number of pyridine rings is 1. The zero-order chi connectivity index (χ0) is 18.7. The van der Waals surface area contributed by atoms with E-state index in [2.05, 4.69) is 5.32 Å². The average Bonchev–Trinajstić information content (AvgIpc) is 2.41. The summed E-state index contributed by atoms with van der Waals surface area (Å²) in [5.41, 5.74) is -3.61. The quantitative estimate of drug-likeness (QED) is 0.653. The summed E-state index contributed by atoms with van der Waals surface area (Å²) in [6.07, 6.45) is -8.78. The van der Waals surface area contributed by atoms with E-state index < -0.39 is 53.3 Å². The number of amides is 1. The van der Waals surface area contributed by atoms with Gasteiger partial charge in [-0.05, 0) is 26.8 Å². The molecule has 0 aliphatic heterocycles. The number of ether oxygens (including phenoxy) is 1. The summed E-state index contributed by atoms with van der Waals surface area (Å²) in [5, 5.41) is 21.8. The largest absolute Gasteiger partial charge is 0.444 e. The van der Waals surface area contributed by atoms with Crippen molar-refractivity contribution in [2.24, 2.45) is 0 Å². The lowest BCUT2D eigenvalue weighted by Gasteiger charge is -2.22. The summed E-state index contributed by atoms with van der Waals surface area (Å²) >= 11 is 0. The van der Waals surface area contributed by atoms with E-state index in [4.69, 9.17) is 4.74 Å². The van der Waals surface area contributed by atoms with Crippen LogP contribution in [0.5, 0.6) is 0 Å². The third-order valence-electron chi connectivity index (χ3n) is 2.80. The molecule has 1 aromatic heterocycles. The number of alkyl halides is 3. The van der Waals surface area contributed by atoms with Crippen LogP contribution in [0.4, 0.5) is 18.0 Å². The van der Waals surface area contributed by atoms with Gasteiger partial charge < -0.3 is 25.3 Å². The number of aromatic amines is 1. The van der Waals surface area contributed by atoms with Crippen LogP contribution in [0.3, 0.4) is 0 Å². The summed E-state index contributed by atoms with van der Waals surface area (Å²) in [6.45, 7) is 4.31. The molecule has 0 aromatic carbocycles. The average molecular weight is 352 g/mol. The highest BCUT2D eigenvalue weighted by Crippen LogP contribution is 2.29. The van der Waals surface area contributed by atoms with Gasteiger partial charge in [-0.3, -0.25) is 4.79 Å². The Labute approximate surface area is 135 Å². The van der Waals surface area contributed by atoms with Gasteiger partial charge in [0.2, 0.25) is 0 Å². The Balaban J connectivity index is 2.81. The fraction of sp³-hybridized carbons (Fsp3) is 0.571. The van der Waals surface area contributed by atoms with Gasteiger partial charge in [-0.1, -0.05) is 0 Å². The van der Waals surface area contributed by atoms with Crippen LogP contribution in [0.1, 0.15) is 38.0 Å². The second-order valence-electron chi connectivity index (χ2n) is 6.07. The third-order valence-corrected chi connectivity index (χ3v) is 2.80. The number of halogens is 3. The van der Waals surface area contributed by atoms with Crippen LogP contribution in [-0.2, 0) is 10.9 Å². The Morgan fingerprint density at radius 1 is 1.33 bits per heavy atom. The maximum Gasteiger partial charge on any atom is 0.417 e. The summed E-state index contributed by atoms with van der Waals surface area (Å²) in [4.78, 5) is 24.8. The maximum absolute atomic E-state index is 12.6. The topological polar surface area (TPSA) is 112 Å². The van der Waals surface area contributed by atoms with Gasteiger partial charge in [0, 0.05) is 18.3 Å². The van der Waals surface area contributed by atoms with Crippen molar-refractivity contribution in [1.82, 2.24) is 10.3 Å². The van der Waals surface area contributed by atoms with E-state index in [1.165, 1.54) is 0 Å². The third kappa shape index (κ3) is 5.85. The van der Waals surface area contributed by atoms with Gasteiger partial charge in [0.05, 0.1) is 5.56 Å². The fourth-order valence-corrected chi connectivity index (χ4v) is 1.71. The number of hydrogen-bond acceptors (Lipinski definition) is 5. The Bertz CT molecular complexity index is 637. The van der Waals surface area contributed by atoms with Crippen LogP contribution < -0.4 is 10.9 Å². The Morgan fingerprint density at radius 2 is 1.92 bits per heavy atom. The van der Waals surface area contributed by atoms with Crippen molar-refractivity contribution in [2.75, 3.05) is 6.54 Å². The highest BCUT2D eigenvalue weighted by molar-refractivity contribution is 5.67. The van der Waals surface area contributed by atoms with Crippen LogP contribution in [0, 0.1) is 0 Å². The number of hydrogen-bond donors (Lipinski definition) is 4. The summed E-state index contributed by atoms with van der Waals surface area (Å²) in [6, 6.07) is 0.445. The minimum atomic E-state index is -4.72. The molecule has 24 heavy (non-hydrogen) atoms. The molecule has 0 saturated heterocycles. The fourth-order valence-electron chi connectivity index (χ4n) is 1.71. The SMILES string of the molecule is CC(C)(C)OC(=O)NCC(O)C(O)c1cc(C(F)(F)F)c[nH]c1=O. The zero-order valence-corrected chi connectivity index (χ0v) is 13.3. The number of aromatic nitrogens is 1. The van der Waals surface area contributed by atoms with E-state index in [-0.39, 0.29) is 0 Å². The summed E-state index contributed by atoms with van der Waals surface area (Å²) in [5.74, 6) is 0. The molecule has 0 fully saturated rings. The van der Waals surface area contributed by atoms with Crippen LogP contribution in [-0.4, -0.2) is 39.5 Å². The molecule has 0 saturated carbocycles. The van der Waals surface area contributed by atoms with E-state index in [0.717, 1.165) is 0 Å².